The average molecular weight is 389 g/mol. The zero-order valence-corrected chi connectivity index (χ0v) is 14.7. The number of rotatable bonds is 5. The fourth-order valence-corrected chi connectivity index (χ4v) is 4.80. The molecule has 0 rings (SSSR count). The maximum absolute atomic E-state index is 10.1. The minimum absolute atomic E-state index is 0.509. The van der Waals surface area contributed by atoms with Crippen molar-refractivity contribution in [2.24, 2.45) is 0 Å². The second-order valence-electron chi connectivity index (χ2n) is 4.64. The molecule has 0 aliphatic rings. The molecular formula is C10H16Cl4O2Se. The van der Waals surface area contributed by atoms with Crippen LogP contribution in [-0.2, 0) is 0 Å². The van der Waals surface area contributed by atoms with Crippen molar-refractivity contribution >= 4 is 61.4 Å². The number of hydrogen-bond acceptors (Lipinski definition) is 2. The van der Waals surface area contributed by atoms with Crippen LogP contribution in [-0.4, -0.2) is 45.0 Å². The van der Waals surface area contributed by atoms with Gasteiger partial charge in [0, 0.05) is 0 Å². The Labute approximate surface area is 128 Å². The summed E-state index contributed by atoms with van der Waals surface area (Å²) in [5, 5.41) is 20.0. The summed E-state index contributed by atoms with van der Waals surface area (Å²) in [4.78, 5) is -0.988. The third-order valence-corrected chi connectivity index (χ3v) is 9.06. The quantitative estimate of drug-likeness (QED) is 0.561. The molecule has 0 heterocycles. The molecule has 0 amide bonds. The maximum atomic E-state index is 10.1. The minimum atomic E-state index is -1.31. The van der Waals surface area contributed by atoms with Gasteiger partial charge in [-0.15, -0.1) is 0 Å². The molecule has 17 heavy (non-hydrogen) atoms. The number of alkyl halides is 3. The molecule has 0 aromatic heterocycles. The molecule has 2 nitrogen and oxygen atoms in total. The van der Waals surface area contributed by atoms with Crippen LogP contribution in [0.5, 0.6) is 0 Å². The van der Waals surface area contributed by atoms with E-state index >= 15 is 0 Å². The summed E-state index contributed by atoms with van der Waals surface area (Å²) in [7, 11) is 0. The van der Waals surface area contributed by atoms with Gasteiger partial charge in [-0.1, -0.05) is 0 Å². The number of aliphatic hydroxyl groups is 2. The molecule has 0 aromatic carbocycles. The van der Waals surface area contributed by atoms with Crippen LogP contribution in [0.15, 0.2) is 10.0 Å². The summed E-state index contributed by atoms with van der Waals surface area (Å²) in [5.74, 6) is 0. The van der Waals surface area contributed by atoms with Gasteiger partial charge in [0.15, 0.2) is 0 Å². The molecule has 0 spiro atoms. The van der Waals surface area contributed by atoms with Crippen molar-refractivity contribution in [1.82, 2.24) is 0 Å². The molecular weight excluding hydrogens is 373 g/mol. The first-order valence-corrected chi connectivity index (χ1v) is 8.18. The molecule has 0 aliphatic heterocycles. The zero-order chi connectivity index (χ0) is 14.1. The first-order valence-electron chi connectivity index (χ1n) is 4.78. The second kappa shape index (κ2) is 6.19. The van der Waals surface area contributed by atoms with Gasteiger partial charge in [-0.05, 0) is 0 Å². The Bertz CT molecular complexity index is 294. The van der Waals surface area contributed by atoms with E-state index in [0.717, 1.165) is 0 Å². The Morgan fingerprint density at radius 1 is 1.18 bits per heavy atom. The average Bonchev–Trinajstić information content (AvgIpc) is 2.09. The number of hydrogen-bond donors (Lipinski definition) is 2. The van der Waals surface area contributed by atoms with Crippen molar-refractivity contribution in [3.05, 3.63) is 10.0 Å². The van der Waals surface area contributed by atoms with Gasteiger partial charge in [-0.25, -0.2) is 0 Å². The van der Waals surface area contributed by atoms with Crippen LogP contribution < -0.4 is 0 Å². The van der Waals surface area contributed by atoms with Crippen LogP contribution >= 0.6 is 46.4 Å². The van der Waals surface area contributed by atoms with E-state index in [0.29, 0.717) is 4.47 Å². The number of halogens is 4. The molecule has 0 bridgehead atoms. The van der Waals surface area contributed by atoms with E-state index in [1.165, 1.54) is 19.4 Å². The standard InChI is InChI=1S/C10H16Cl4O2Se/c1-8(2,15)6(5-11)17-10(14,7(12)13)9(3,4)16/h5,7,15-16H,1-4H3/b6-5-. The monoisotopic (exact) mass is 388 g/mol. The van der Waals surface area contributed by atoms with Gasteiger partial charge >= 0.3 is 129 Å². The summed E-state index contributed by atoms with van der Waals surface area (Å²) in [5.41, 5.74) is -1.17. The Balaban J connectivity index is 5.30. The van der Waals surface area contributed by atoms with Crippen LogP contribution in [0.1, 0.15) is 27.7 Å². The predicted molar refractivity (Wildman–Crippen MR) is 76.4 cm³/mol. The molecule has 102 valence electrons. The van der Waals surface area contributed by atoms with Gasteiger partial charge in [0.25, 0.3) is 0 Å². The van der Waals surface area contributed by atoms with Crippen molar-refractivity contribution in [3.63, 3.8) is 0 Å². The molecule has 7 heteroatoms. The third kappa shape index (κ3) is 4.74. The fourth-order valence-electron chi connectivity index (χ4n) is 0.877. The summed E-state index contributed by atoms with van der Waals surface area (Å²) < 4.78 is -0.765. The van der Waals surface area contributed by atoms with Gasteiger partial charge in [-0.2, -0.15) is 0 Å². The van der Waals surface area contributed by atoms with E-state index < -0.39 is 34.8 Å². The van der Waals surface area contributed by atoms with E-state index in [-0.39, 0.29) is 0 Å². The van der Waals surface area contributed by atoms with E-state index in [4.69, 9.17) is 46.4 Å². The molecule has 0 radical (unpaired) electrons. The van der Waals surface area contributed by atoms with Gasteiger partial charge in [-0.3, -0.25) is 0 Å². The zero-order valence-electron chi connectivity index (χ0n) is 9.97. The fraction of sp³-hybridized carbons (Fsp3) is 0.800. The summed E-state index contributed by atoms with van der Waals surface area (Å²) in [6, 6.07) is 0. The van der Waals surface area contributed by atoms with Crippen LogP contribution in [0.25, 0.3) is 0 Å². The molecule has 2 N–H and O–H groups in total. The molecule has 1 atom stereocenters. The third-order valence-electron chi connectivity index (χ3n) is 2.08. The summed E-state index contributed by atoms with van der Waals surface area (Å²) >= 11 is 23.1. The van der Waals surface area contributed by atoms with Gasteiger partial charge in [0.1, 0.15) is 0 Å². The Morgan fingerprint density at radius 3 is 1.76 bits per heavy atom. The molecule has 0 aromatic rings. The van der Waals surface area contributed by atoms with E-state index in [1.54, 1.807) is 13.8 Å². The van der Waals surface area contributed by atoms with Crippen LogP contribution in [0, 0.1) is 0 Å². The van der Waals surface area contributed by atoms with Crippen molar-refractivity contribution in [1.29, 1.82) is 0 Å². The van der Waals surface area contributed by atoms with Crippen LogP contribution in [0.2, 0.25) is 0 Å². The second-order valence-corrected chi connectivity index (χ2v) is 9.76. The van der Waals surface area contributed by atoms with Crippen LogP contribution in [0.4, 0.5) is 0 Å². The van der Waals surface area contributed by atoms with E-state index in [2.05, 4.69) is 0 Å². The molecule has 0 fully saturated rings. The van der Waals surface area contributed by atoms with Crippen molar-refractivity contribution in [3.8, 4) is 0 Å². The predicted octanol–water partition coefficient (Wildman–Crippen LogP) is 3.05. The molecule has 0 saturated carbocycles. The van der Waals surface area contributed by atoms with Gasteiger partial charge in [0.2, 0.25) is 0 Å². The summed E-state index contributed by atoms with van der Waals surface area (Å²) in [6.07, 6.45) is 0. The Morgan fingerprint density at radius 2 is 1.59 bits per heavy atom. The van der Waals surface area contributed by atoms with Crippen molar-refractivity contribution < 1.29 is 10.2 Å². The van der Waals surface area contributed by atoms with Gasteiger partial charge in [0.05, 0.1) is 0 Å². The topological polar surface area (TPSA) is 40.5 Å². The van der Waals surface area contributed by atoms with E-state index in [1.807, 2.05) is 0 Å². The normalized spacial score (nSPS) is 18.4. The van der Waals surface area contributed by atoms with E-state index in [9.17, 15) is 10.2 Å². The molecule has 0 aliphatic carbocycles. The molecule has 0 saturated heterocycles. The first kappa shape index (κ1) is 18.3. The Kier molecular flexibility index (Phi) is 6.68. The van der Waals surface area contributed by atoms with Gasteiger partial charge < -0.3 is 0 Å². The van der Waals surface area contributed by atoms with Crippen molar-refractivity contribution in [2.45, 2.75) is 47.5 Å². The van der Waals surface area contributed by atoms with Crippen molar-refractivity contribution in [2.75, 3.05) is 0 Å². The van der Waals surface area contributed by atoms with Crippen LogP contribution in [0.3, 0.4) is 0 Å². The first-order chi connectivity index (χ1) is 7.36. The molecule has 1 unspecified atom stereocenters. The Hall–Kier alpha value is 1.34. The SMILES string of the molecule is CC(C)(O)/C(=C/Cl)[Se]C(Cl)(C(Cl)Cl)C(C)(C)O. The summed E-state index contributed by atoms with van der Waals surface area (Å²) in [6.45, 7) is 6.22.